The molecule has 1 aromatic heterocycles. The van der Waals surface area contributed by atoms with Crippen LogP contribution in [0.3, 0.4) is 0 Å². The lowest BCUT2D eigenvalue weighted by Gasteiger charge is -2.32. The Bertz CT molecular complexity index is 360. The Hall–Kier alpha value is -0.430. The molecule has 1 unspecified atom stereocenters. The molecule has 1 N–H and O–H groups in total. The minimum atomic E-state index is 0.437. The van der Waals surface area contributed by atoms with Crippen LogP contribution >= 0.6 is 22.6 Å². The zero-order chi connectivity index (χ0) is 13.0. The maximum atomic E-state index is 4.45. The zero-order valence-electron chi connectivity index (χ0n) is 11.1. The normalized spacial score (nSPS) is 20.1. The standard InChI is InChI=1S/C13H21IN4/c1-10(2)18(9-11-4-3-5-15-6-11)13-16-7-12(14)8-17-13/h7-8,10-11,15H,3-6,9H2,1-2H3. The molecule has 1 saturated heterocycles. The maximum Gasteiger partial charge on any atom is 0.225 e. The number of halogens is 1. The van der Waals surface area contributed by atoms with E-state index in [1.165, 1.54) is 12.8 Å². The van der Waals surface area contributed by atoms with Gasteiger partial charge in [-0.3, -0.25) is 0 Å². The van der Waals surface area contributed by atoms with Crippen LogP contribution < -0.4 is 10.2 Å². The van der Waals surface area contributed by atoms with Crippen molar-refractivity contribution in [3.8, 4) is 0 Å². The first-order chi connectivity index (χ1) is 8.66. The molecule has 1 aliphatic rings. The lowest BCUT2D eigenvalue weighted by atomic mass is 9.99. The van der Waals surface area contributed by atoms with Crippen molar-refractivity contribution in [1.82, 2.24) is 15.3 Å². The van der Waals surface area contributed by atoms with Crippen molar-refractivity contribution >= 4 is 28.5 Å². The number of piperidine rings is 1. The summed E-state index contributed by atoms with van der Waals surface area (Å²) in [7, 11) is 0. The highest BCUT2D eigenvalue weighted by atomic mass is 127. The molecule has 0 bridgehead atoms. The SMILES string of the molecule is CC(C)N(CC1CCCNC1)c1ncc(I)cn1. The minimum absolute atomic E-state index is 0.437. The molecule has 0 aromatic carbocycles. The van der Waals surface area contributed by atoms with Crippen molar-refractivity contribution in [2.75, 3.05) is 24.5 Å². The Morgan fingerprint density at radius 3 is 2.72 bits per heavy atom. The lowest BCUT2D eigenvalue weighted by molar-refractivity contribution is 0.369. The van der Waals surface area contributed by atoms with Crippen LogP contribution in [0.5, 0.6) is 0 Å². The quantitative estimate of drug-likeness (QED) is 0.837. The van der Waals surface area contributed by atoms with Gasteiger partial charge in [-0.1, -0.05) is 0 Å². The van der Waals surface area contributed by atoms with Gasteiger partial charge in [0.15, 0.2) is 0 Å². The second kappa shape index (κ2) is 6.65. The fourth-order valence-electron chi connectivity index (χ4n) is 2.34. The molecule has 18 heavy (non-hydrogen) atoms. The molecule has 100 valence electrons. The van der Waals surface area contributed by atoms with Gasteiger partial charge in [-0.05, 0) is 68.3 Å². The Balaban J connectivity index is 2.05. The molecule has 0 spiro atoms. The average Bonchev–Trinajstić information content (AvgIpc) is 2.38. The summed E-state index contributed by atoms with van der Waals surface area (Å²) in [6, 6.07) is 0.437. The van der Waals surface area contributed by atoms with Gasteiger partial charge in [-0.25, -0.2) is 9.97 Å². The molecule has 0 saturated carbocycles. The molecule has 0 aliphatic carbocycles. The summed E-state index contributed by atoms with van der Waals surface area (Å²) in [5, 5.41) is 3.47. The van der Waals surface area contributed by atoms with Crippen molar-refractivity contribution in [3.05, 3.63) is 16.0 Å². The van der Waals surface area contributed by atoms with Gasteiger partial charge in [-0.15, -0.1) is 0 Å². The van der Waals surface area contributed by atoms with E-state index < -0.39 is 0 Å². The van der Waals surface area contributed by atoms with Gasteiger partial charge in [0.1, 0.15) is 0 Å². The highest BCUT2D eigenvalue weighted by Gasteiger charge is 2.20. The van der Waals surface area contributed by atoms with E-state index in [1.54, 1.807) is 0 Å². The van der Waals surface area contributed by atoms with Crippen molar-refractivity contribution in [1.29, 1.82) is 0 Å². The first-order valence-corrected chi connectivity index (χ1v) is 7.69. The number of hydrogen-bond donors (Lipinski definition) is 1. The van der Waals surface area contributed by atoms with E-state index in [1.807, 2.05) is 12.4 Å². The highest BCUT2D eigenvalue weighted by Crippen LogP contribution is 2.18. The minimum Gasteiger partial charge on any atom is -0.338 e. The van der Waals surface area contributed by atoms with Crippen LogP contribution in [0.4, 0.5) is 5.95 Å². The van der Waals surface area contributed by atoms with Crippen LogP contribution in [-0.2, 0) is 0 Å². The van der Waals surface area contributed by atoms with E-state index in [9.17, 15) is 0 Å². The molecular formula is C13H21IN4. The number of anilines is 1. The molecule has 2 rings (SSSR count). The topological polar surface area (TPSA) is 41.0 Å². The summed E-state index contributed by atoms with van der Waals surface area (Å²) < 4.78 is 1.08. The Morgan fingerprint density at radius 2 is 2.17 bits per heavy atom. The van der Waals surface area contributed by atoms with E-state index >= 15 is 0 Å². The molecule has 1 aromatic rings. The van der Waals surface area contributed by atoms with Crippen molar-refractivity contribution in [2.45, 2.75) is 32.7 Å². The van der Waals surface area contributed by atoms with E-state index in [0.29, 0.717) is 12.0 Å². The van der Waals surface area contributed by atoms with Gasteiger partial charge in [0.25, 0.3) is 0 Å². The third kappa shape index (κ3) is 3.78. The van der Waals surface area contributed by atoms with Crippen molar-refractivity contribution < 1.29 is 0 Å². The second-order valence-electron chi connectivity index (χ2n) is 5.16. The average molecular weight is 360 g/mol. The molecule has 2 heterocycles. The van der Waals surface area contributed by atoms with Gasteiger partial charge >= 0.3 is 0 Å². The van der Waals surface area contributed by atoms with Crippen LogP contribution in [0.25, 0.3) is 0 Å². The number of hydrogen-bond acceptors (Lipinski definition) is 4. The van der Waals surface area contributed by atoms with Gasteiger partial charge in [-0.2, -0.15) is 0 Å². The number of rotatable bonds is 4. The van der Waals surface area contributed by atoms with Crippen LogP contribution in [0.1, 0.15) is 26.7 Å². The van der Waals surface area contributed by atoms with Gasteiger partial charge in [0.2, 0.25) is 5.95 Å². The number of nitrogens with zero attached hydrogens (tertiary/aromatic N) is 3. The fourth-order valence-corrected chi connectivity index (χ4v) is 2.61. The molecular weight excluding hydrogens is 339 g/mol. The van der Waals surface area contributed by atoms with E-state index in [4.69, 9.17) is 0 Å². The number of aromatic nitrogens is 2. The Kier molecular flexibility index (Phi) is 5.17. The van der Waals surface area contributed by atoms with E-state index in [-0.39, 0.29) is 0 Å². The van der Waals surface area contributed by atoms with E-state index in [2.05, 4.69) is 56.6 Å². The monoisotopic (exact) mass is 360 g/mol. The third-order valence-electron chi connectivity index (χ3n) is 3.34. The predicted molar refractivity (Wildman–Crippen MR) is 82.8 cm³/mol. The van der Waals surface area contributed by atoms with Crippen LogP contribution in [-0.4, -0.2) is 35.6 Å². The summed E-state index contributed by atoms with van der Waals surface area (Å²) >= 11 is 2.24. The van der Waals surface area contributed by atoms with Crippen molar-refractivity contribution in [2.24, 2.45) is 5.92 Å². The summed E-state index contributed by atoms with van der Waals surface area (Å²) in [6.45, 7) is 7.74. The smallest absolute Gasteiger partial charge is 0.225 e. The predicted octanol–water partition coefficient (Wildman–Crippen LogP) is 2.30. The van der Waals surface area contributed by atoms with Crippen LogP contribution in [0.15, 0.2) is 12.4 Å². The second-order valence-corrected chi connectivity index (χ2v) is 6.41. The van der Waals surface area contributed by atoms with Crippen LogP contribution in [0.2, 0.25) is 0 Å². The van der Waals surface area contributed by atoms with Crippen molar-refractivity contribution in [3.63, 3.8) is 0 Å². The summed E-state index contributed by atoms with van der Waals surface area (Å²) in [5.41, 5.74) is 0. The Labute approximate surface area is 123 Å². The summed E-state index contributed by atoms with van der Waals surface area (Å²) in [5.74, 6) is 1.57. The van der Waals surface area contributed by atoms with Gasteiger partial charge < -0.3 is 10.2 Å². The molecule has 0 radical (unpaired) electrons. The van der Waals surface area contributed by atoms with Gasteiger partial charge in [0.05, 0.1) is 0 Å². The molecule has 1 atom stereocenters. The highest BCUT2D eigenvalue weighted by molar-refractivity contribution is 14.1. The van der Waals surface area contributed by atoms with Crippen LogP contribution in [0, 0.1) is 9.49 Å². The fraction of sp³-hybridized carbons (Fsp3) is 0.692. The molecule has 1 fully saturated rings. The molecule has 4 nitrogen and oxygen atoms in total. The number of nitrogens with one attached hydrogen (secondary N) is 1. The summed E-state index contributed by atoms with van der Waals surface area (Å²) in [4.78, 5) is 11.2. The lowest BCUT2D eigenvalue weighted by Crippen LogP contribution is -2.42. The summed E-state index contributed by atoms with van der Waals surface area (Å²) in [6.07, 6.45) is 6.36. The zero-order valence-corrected chi connectivity index (χ0v) is 13.2. The molecule has 5 heteroatoms. The first-order valence-electron chi connectivity index (χ1n) is 6.61. The largest absolute Gasteiger partial charge is 0.338 e. The molecule has 0 amide bonds. The third-order valence-corrected chi connectivity index (χ3v) is 3.90. The molecule has 1 aliphatic heterocycles. The maximum absolute atomic E-state index is 4.45. The van der Waals surface area contributed by atoms with E-state index in [0.717, 1.165) is 29.2 Å². The van der Waals surface area contributed by atoms with Gasteiger partial charge in [0, 0.05) is 28.6 Å². The Morgan fingerprint density at radius 1 is 1.44 bits per heavy atom. The first kappa shape index (κ1) is 14.0.